The molecule has 0 atom stereocenters. The zero-order chi connectivity index (χ0) is 26.0. The largest absolute Gasteiger partial charge is 0.465 e. The van der Waals surface area contributed by atoms with Crippen molar-refractivity contribution in [3.05, 3.63) is 57.9 Å². The highest BCUT2D eigenvalue weighted by atomic mass is 32.2. The standard InChI is InChI=1S/C24H26F5NO3S/c1-12(2)11-15-16(21(31)33-6)18(20(25)26)30-19(24(27,28)29)17(15)22(32)34-14-9-7-13(8-10-14)23(3,4)5/h7-10,12,20H,11H2,1-6H3. The highest BCUT2D eigenvalue weighted by Crippen LogP contribution is 2.40. The number of carbonyl (C=O) groups is 2. The van der Waals surface area contributed by atoms with Crippen LogP contribution in [0.1, 0.15) is 84.3 Å². The molecular weight excluding hydrogens is 477 g/mol. The van der Waals surface area contributed by atoms with Gasteiger partial charge in [-0.05, 0) is 52.8 Å². The predicted octanol–water partition coefficient (Wildman–Crippen LogP) is 7.25. The summed E-state index contributed by atoms with van der Waals surface area (Å²) < 4.78 is 73.7. The normalized spacial score (nSPS) is 12.4. The maximum atomic E-state index is 13.9. The molecule has 1 aromatic heterocycles. The zero-order valence-corrected chi connectivity index (χ0v) is 20.5. The SMILES string of the molecule is COC(=O)c1c(C(F)F)nc(C(F)(F)F)c(C(=O)Sc2ccc(C(C)(C)C)cc2)c1CC(C)C. The number of nitrogens with zero attached hydrogens (tertiary/aromatic N) is 1. The number of rotatable bonds is 6. The Morgan fingerprint density at radius 3 is 2.00 bits per heavy atom. The molecule has 0 unspecified atom stereocenters. The molecule has 0 amide bonds. The van der Waals surface area contributed by atoms with E-state index in [1.807, 2.05) is 20.8 Å². The summed E-state index contributed by atoms with van der Waals surface area (Å²) in [6.45, 7) is 9.21. The summed E-state index contributed by atoms with van der Waals surface area (Å²) in [6.07, 6.45) is -8.92. The minimum atomic E-state index is -5.20. The molecular formula is C24H26F5NO3S. The first-order valence-corrected chi connectivity index (χ1v) is 11.2. The molecule has 186 valence electrons. The van der Waals surface area contributed by atoms with Gasteiger partial charge >= 0.3 is 12.1 Å². The smallest absolute Gasteiger partial charge is 0.434 e. The summed E-state index contributed by atoms with van der Waals surface area (Å²) in [5.74, 6) is -1.64. The molecule has 0 fully saturated rings. The minimum Gasteiger partial charge on any atom is -0.465 e. The average Bonchev–Trinajstić information content (AvgIpc) is 2.70. The minimum absolute atomic E-state index is 0.175. The Balaban J connectivity index is 2.77. The van der Waals surface area contributed by atoms with Crippen LogP contribution in [0.25, 0.3) is 0 Å². The molecule has 2 aromatic rings. The van der Waals surface area contributed by atoms with Crippen molar-refractivity contribution in [2.24, 2.45) is 5.92 Å². The van der Waals surface area contributed by atoms with Crippen LogP contribution in [0.2, 0.25) is 0 Å². The fourth-order valence-corrected chi connectivity index (χ4v) is 4.17. The molecule has 34 heavy (non-hydrogen) atoms. The molecule has 0 aliphatic rings. The first-order chi connectivity index (χ1) is 15.6. The van der Waals surface area contributed by atoms with Crippen molar-refractivity contribution in [1.82, 2.24) is 4.98 Å². The number of alkyl halides is 5. The van der Waals surface area contributed by atoms with E-state index < -0.39 is 51.8 Å². The molecule has 0 spiro atoms. The topological polar surface area (TPSA) is 56.3 Å². The number of halogens is 5. The highest BCUT2D eigenvalue weighted by Gasteiger charge is 2.42. The molecule has 10 heteroatoms. The van der Waals surface area contributed by atoms with E-state index in [-0.39, 0.29) is 17.8 Å². The van der Waals surface area contributed by atoms with Gasteiger partial charge in [0, 0.05) is 4.90 Å². The molecule has 0 radical (unpaired) electrons. The first kappa shape index (κ1) is 27.8. The van der Waals surface area contributed by atoms with Gasteiger partial charge in [-0.1, -0.05) is 46.8 Å². The Hall–Kier alpha value is -2.49. The fraction of sp³-hybridized carbons (Fsp3) is 0.458. The number of carbonyl (C=O) groups excluding carboxylic acids is 2. The number of esters is 1. The monoisotopic (exact) mass is 503 g/mol. The molecule has 1 aromatic carbocycles. The third-order valence-electron chi connectivity index (χ3n) is 4.94. The van der Waals surface area contributed by atoms with Gasteiger partial charge in [0.05, 0.1) is 18.2 Å². The second kappa shape index (κ2) is 10.4. The number of ether oxygens (including phenoxy) is 1. The van der Waals surface area contributed by atoms with Gasteiger partial charge in [-0.25, -0.2) is 18.6 Å². The third kappa shape index (κ3) is 6.34. The second-order valence-electron chi connectivity index (χ2n) is 9.13. The number of benzene rings is 1. The summed E-state index contributed by atoms with van der Waals surface area (Å²) in [5.41, 5.74) is -4.46. The van der Waals surface area contributed by atoms with Crippen molar-refractivity contribution >= 4 is 22.8 Å². The molecule has 0 aliphatic heterocycles. The van der Waals surface area contributed by atoms with Crippen molar-refractivity contribution in [1.29, 1.82) is 0 Å². The van der Waals surface area contributed by atoms with Gasteiger partial charge in [0.1, 0.15) is 5.69 Å². The number of aromatic nitrogens is 1. The van der Waals surface area contributed by atoms with E-state index in [2.05, 4.69) is 9.72 Å². The van der Waals surface area contributed by atoms with Crippen LogP contribution in [0.4, 0.5) is 22.0 Å². The molecule has 0 aliphatic carbocycles. The van der Waals surface area contributed by atoms with Crippen molar-refractivity contribution in [3.8, 4) is 0 Å². The number of methoxy groups -OCH3 is 1. The lowest BCUT2D eigenvalue weighted by Gasteiger charge is -2.22. The Labute approximate surface area is 199 Å². The lowest BCUT2D eigenvalue weighted by atomic mass is 9.87. The van der Waals surface area contributed by atoms with Crippen LogP contribution < -0.4 is 0 Å². The number of hydrogen-bond acceptors (Lipinski definition) is 5. The van der Waals surface area contributed by atoms with E-state index in [0.717, 1.165) is 12.7 Å². The zero-order valence-electron chi connectivity index (χ0n) is 19.6. The van der Waals surface area contributed by atoms with Crippen LogP contribution in [-0.4, -0.2) is 23.2 Å². The van der Waals surface area contributed by atoms with Gasteiger partial charge in [-0.2, -0.15) is 13.2 Å². The maximum Gasteiger partial charge on any atom is 0.434 e. The molecule has 1 heterocycles. The van der Waals surface area contributed by atoms with Gasteiger partial charge in [0.2, 0.25) is 5.12 Å². The number of thioether (sulfide) groups is 1. The van der Waals surface area contributed by atoms with Crippen molar-refractivity contribution in [2.75, 3.05) is 7.11 Å². The van der Waals surface area contributed by atoms with E-state index >= 15 is 0 Å². The lowest BCUT2D eigenvalue weighted by Crippen LogP contribution is -2.24. The van der Waals surface area contributed by atoms with Gasteiger partial charge in [0.15, 0.2) is 5.69 Å². The third-order valence-corrected chi connectivity index (χ3v) is 5.84. The molecule has 0 N–H and O–H groups in total. The summed E-state index contributed by atoms with van der Waals surface area (Å²) in [5, 5.41) is -1.05. The second-order valence-corrected chi connectivity index (χ2v) is 10.2. The van der Waals surface area contributed by atoms with Crippen LogP contribution in [0.5, 0.6) is 0 Å². The maximum absolute atomic E-state index is 13.9. The van der Waals surface area contributed by atoms with E-state index in [0.29, 0.717) is 16.7 Å². The quantitative estimate of drug-likeness (QED) is 0.236. The Morgan fingerprint density at radius 1 is 1.03 bits per heavy atom. The van der Waals surface area contributed by atoms with Gasteiger partial charge in [-0.15, -0.1) is 0 Å². The van der Waals surface area contributed by atoms with Crippen molar-refractivity contribution in [3.63, 3.8) is 0 Å². The van der Waals surface area contributed by atoms with Gasteiger partial charge < -0.3 is 4.74 Å². The lowest BCUT2D eigenvalue weighted by molar-refractivity contribution is -0.141. The van der Waals surface area contributed by atoms with Crippen LogP contribution in [0, 0.1) is 5.92 Å². The van der Waals surface area contributed by atoms with Gasteiger partial charge in [-0.3, -0.25) is 4.79 Å². The summed E-state index contributed by atoms with van der Waals surface area (Å²) in [4.78, 5) is 29.0. The fourth-order valence-electron chi connectivity index (χ4n) is 3.36. The Bertz CT molecular complexity index is 1060. The van der Waals surface area contributed by atoms with Crippen LogP contribution in [0.3, 0.4) is 0 Å². The predicted molar refractivity (Wildman–Crippen MR) is 119 cm³/mol. The van der Waals surface area contributed by atoms with E-state index in [1.54, 1.807) is 38.1 Å². The molecule has 0 saturated heterocycles. The van der Waals surface area contributed by atoms with Gasteiger partial charge in [0.25, 0.3) is 6.43 Å². The molecule has 0 saturated carbocycles. The molecule has 4 nitrogen and oxygen atoms in total. The summed E-state index contributed by atoms with van der Waals surface area (Å²) >= 11 is 0.511. The number of hydrogen-bond donors (Lipinski definition) is 0. The Morgan fingerprint density at radius 2 is 1.59 bits per heavy atom. The van der Waals surface area contributed by atoms with Crippen LogP contribution in [0.15, 0.2) is 29.2 Å². The summed E-state index contributed by atoms with van der Waals surface area (Å²) in [7, 11) is 0.918. The highest BCUT2D eigenvalue weighted by molar-refractivity contribution is 8.14. The average molecular weight is 504 g/mol. The van der Waals surface area contributed by atoms with Crippen molar-refractivity contribution < 1.29 is 36.3 Å². The Kier molecular flexibility index (Phi) is 8.50. The van der Waals surface area contributed by atoms with E-state index in [9.17, 15) is 31.5 Å². The number of pyridine rings is 1. The van der Waals surface area contributed by atoms with Crippen LogP contribution in [-0.2, 0) is 22.7 Å². The molecule has 2 rings (SSSR count). The first-order valence-electron chi connectivity index (χ1n) is 10.4. The van der Waals surface area contributed by atoms with E-state index in [4.69, 9.17) is 0 Å². The molecule has 0 bridgehead atoms. The van der Waals surface area contributed by atoms with E-state index in [1.165, 1.54) is 0 Å². The summed E-state index contributed by atoms with van der Waals surface area (Å²) in [6, 6.07) is 6.71. The van der Waals surface area contributed by atoms with Crippen LogP contribution >= 0.6 is 11.8 Å². The van der Waals surface area contributed by atoms with Crippen molar-refractivity contribution in [2.45, 2.75) is 64.0 Å².